The normalized spacial score (nSPS) is 11.4. The third-order valence-corrected chi connectivity index (χ3v) is 3.25. The molecule has 0 saturated heterocycles. The molecule has 0 rings (SSSR count). The second-order valence-corrected chi connectivity index (χ2v) is 8.82. The molecule has 0 aromatic carbocycles. The average Bonchev–Trinajstić information content (AvgIpc) is 1.93. The number of ether oxygens (including phenoxy) is 1. The third-order valence-electron chi connectivity index (χ3n) is 0.946. The van der Waals surface area contributed by atoms with Crippen LogP contribution in [0.2, 0.25) is 0 Å². The van der Waals surface area contributed by atoms with Crippen molar-refractivity contribution >= 4 is 35.0 Å². The average molecular weight is 262 g/mol. The maximum absolute atomic E-state index is 10.5. The summed E-state index contributed by atoms with van der Waals surface area (Å²) in [5.41, 5.74) is 0. The molecule has 0 atom stereocenters. The van der Waals surface area contributed by atoms with E-state index in [0.29, 0.717) is 6.61 Å². The van der Waals surface area contributed by atoms with Crippen molar-refractivity contribution < 1.29 is 17.3 Å². The van der Waals surface area contributed by atoms with Gasteiger partial charge in [0.05, 0.1) is 0 Å². The van der Waals surface area contributed by atoms with Gasteiger partial charge in [-0.25, -0.2) is 0 Å². The molecule has 13 heavy (non-hydrogen) atoms. The van der Waals surface area contributed by atoms with Crippen LogP contribution in [0, 0.1) is 0 Å². The van der Waals surface area contributed by atoms with Gasteiger partial charge < -0.3 is 0 Å². The van der Waals surface area contributed by atoms with Crippen LogP contribution in [0.4, 0.5) is 0 Å². The summed E-state index contributed by atoms with van der Waals surface area (Å²) in [4.78, 5) is 0. The first-order valence-electron chi connectivity index (χ1n) is 3.45. The first kappa shape index (κ1) is 13.8. The molecule has 0 saturated carbocycles. The number of rotatable bonds is 6. The molecule has 4 nitrogen and oxygen atoms in total. The molecule has 0 N–H and O–H groups in total. The predicted molar refractivity (Wildman–Crippen MR) is 59.1 cm³/mol. The van der Waals surface area contributed by atoms with E-state index < -0.39 is 10.1 Å². The van der Waals surface area contributed by atoms with E-state index >= 15 is 0 Å². The standard InChI is InChI=1S/C5H12O4P2S2/c1-13(6,7)9-3-2-8-4-5-12(10)11/h10H,2-5H2,1H3. The fourth-order valence-corrected chi connectivity index (χ4v) is 1.60. The summed E-state index contributed by atoms with van der Waals surface area (Å²) < 4.78 is 30.5. The predicted octanol–water partition coefficient (Wildman–Crippen LogP) is 0.981. The quantitative estimate of drug-likeness (QED) is 0.407. The van der Waals surface area contributed by atoms with E-state index in [-0.39, 0.29) is 22.3 Å². The van der Waals surface area contributed by atoms with E-state index in [1.54, 1.807) is 0 Å². The Kier molecular flexibility index (Phi) is 7.61. The van der Waals surface area contributed by atoms with Crippen molar-refractivity contribution in [3.05, 3.63) is 0 Å². The van der Waals surface area contributed by atoms with Gasteiger partial charge in [-0.2, -0.15) is 0 Å². The van der Waals surface area contributed by atoms with Gasteiger partial charge in [0, 0.05) is 0 Å². The summed E-state index contributed by atoms with van der Waals surface area (Å²) in [7, 11) is 3.96. The minimum atomic E-state index is -3.33. The number of hydrogen-bond acceptors (Lipinski definition) is 4. The van der Waals surface area contributed by atoms with Gasteiger partial charge in [-0.05, 0) is 0 Å². The molecule has 78 valence electrons. The first-order valence-corrected chi connectivity index (χ1v) is 8.94. The molecule has 0 fully saturated rings. The molecule has 0 aromatic rings. The van der Waals surface area contributed by atoms with E-state index in [1.165, 1.54) is 0 Å². The Morgan fingerprint density at radius 2 is 2.00 bits per heavy atom. The van der Waals surface area contributed by atoms with Crippen LogP contribution in [0.5, 0.6) is 0 Å². The second kappa shape index (κ2) is 7.16. The fourth-order valence-electron chi connectivity index (χ4n) is 0.484. The van der Waals surface area contributed by atoms with Crippen LogP contribution in [0.3, 0.4) is 0 Å². The Balaban J connectivity index is 3.29. The number of hydrogen-bond donors (Lipinski definition) is 0. The van der Waals surface area contributed by atoms with Crippen LogP contribution in [0.15, 0.2) is 0 Å². The Morgan fingerprint density at radius 3 is 2.46 bits per heavy atom. The second-order valence-electron chi connectivity index (χ2n) is 2.21. The molecule has 0 spiro atoms. The molecule has 0 bridgehead atoms. The topological polar surface area (TPSA) is 52.6 Å². The molecular formula is C5H12O4P2S2. The SMILES string of the molecule is CS(=O)(=O)OCCOCCS(#P)=P. The van der Waals surface area contributed by atoms with Crippen molar-refractivity contribution in [1.29, 1.82) is 0 Å². The van der Waals surface area contributed by atoms with Crippen LogP contribution >= 0.6 is 15.8 Å². The van der Waals surface area contributed by atoms with E-state index in [2.05, 4.69) is 20.0 Å². The molecular weight excluding hydrogens is 250 g/mol. The Bertz CT molecular complexity index is 344. The molecule has 0 radical (unpaired) electrons. The van der Waals surface area contributed by atoms with Crippen molar-refractivity contribution in [2.24, 2.45) is 0 Å². The van der Waals surface area contributed by atoms with Gasteiger partial charge in [-0.1, -0.05) is 0 Å². The van der Waals surface area contributed by atoms with Gasteiger partial charge in [0.15, 0.2) is 0 Å². The Hall–Kier alpha value is 0.820. The van der Waals surface area contributed by atoms with Gasteiger partial charge in [0.2, 0.25) is 0 Å². The Labute approximate surface area is 84.4 Å². The van der Waals surface area contributed by atoms with Crippen molar-refractivity contribution in [2.75, 3.05) is 31.8 Å². The van der Waals surface area contributed by atoms with Gasteiger partial charge >= 0.3 is 84.2 Å². The molecule has 8 heteroatoms. The minimum absolute atomic E-state index is 0.0703. The molecule has 0 unspecified atom stereocenters. The van der Waals surface area contributed by atoms with Crippen LogP contribution in [-0.4, -0.2) is 40.2 Å². The summed E-state index contributed by atoms with van der Waals surface area (Å²) in [5, 5.41) is 0. The summed E-state index contributed by atoms with van der Waals surface area (Å²) in [6, 6.07) is 0. The summed E-state index contributed by atoms with van der Waals surface area (Å²) >= 11 is 0. The first-order chi connectivity index (χ1) is 5.92. The zero-order valence-electron chi connectivity index (χ0n) is 7.23. The monoisotopic (exact) mass is 262 g/mol. The summed E-state index contributed by atoms with van der Waals surface area (Å²) in [6.07, 6.45) is 1.01. The molecule has 0 aliphatic rings. The van der Waals surface area contributed by atoms with E-state index in [4.69, 9.17) is 4.74 Å². The van der Waals surface area contributed by atoms with Crippen LogP contribution in [0.25, 0.3) is 0 Å². The Morgan fingerprint density at radius 1 is 1.38 bits per heavy atom. The van der Waals surface area contributed by atoms with E-state index in [1.807, 2.05) is 0 Å². The van der Waals surface area contributed by atoms with Gasteiger partial charge in [0.1, 0.15) is 0 Å². The third kappa shape index (κ3) is 12.8. The maximum atomic E-state index is 10.5. The van der Waals surface area contributed by atoms with Crippen molar-refractivity contribution in [1.82, 2.24) is 0 Å². The van der Waals surface area contributed by atoms with Crippen molar-refractivity contribution in [3.8, 4) is 0 Å². The molecule has 0 aliphatic heterocycles. The van der Waals surface area contributed by atoms with Crippen LogP contribution in [0.1, 0.15) is 0 Å². The zero-order chi connectivity index (χ0) is 10.3. The van der Waals surface area contributed by atoms with Gasteiger partial charge in [-0.3, -0.25) is 0 Å². The van der Waals surface area contributed by atoms with Crippen LogP contribution in [-0.2, 0) is 28.1 Å². The molecule has 0 aliphatic carbocycles. The zero-order valence-corrected chi connectivity index (χ0v) is 10.8. The fraction of sp³-hybridized carbons (Fsp3) is 1.00. The van der Waals surface area contributed by atoms with Crippen molar-refractivity contribution in [2.45, 2.75) is 0 Å². The van der Waals surface area contributed by atoms with Gasteiger partial charge in [0.25, 0.3) is 0 Å². The molecule has 0 heterocycles. The van der Waals surface area contributed by atoms with Gasteiger partial charge in [-0.15, -0.1) is 0 Å². The summed E-state index contributed by atoms with van der Waals surface area (Å²) in [5.74, 6) is 0.791. The van der Waals surface area contributed by atoms with Crippen molar-refractivity contribution in [3.63, 3.8) is 0 Å². The van der Waals surface area contributed by atoms with E-state index in [0.717, 1.165) is 12.0 Å². The molecule has 0 aromatic heterocycles. The van der Waals surface area contributed by atoms with E-state index in [9.17, 15) is 8.42 Å². The van der Waals surface area contributed by atoms with Crippen LogP contribution < -0.4 is 0 Å². The summed E-state index contributed by atoms with van der Waals surface area (Å²) in [6.45, 7) is 0.897. The molecule has 0 amide bonds.